The zero-order chi connectivity index (χ0) is 37.0. The van der Waals surface area contributed by atoms with Crippen LogP contribution in [-0.2, 0) is 42.8 Å². The fourth-order valence-electron chi connectivity index (χ4n) is 4.01. The molecule has 0 unspecified atom stereocenters. The molecule has 51 heavy (non-hydrogen) atoms. The van der Waals surface area contributed by atoms with Crippen LogP contribution >= 0.6 is 0 Å². The normalized spacial score (nSPS) is 11.0. The zero-order valence-corrected chi connectivity index (χ0v) is 28.5. The fraction of sp³-hybridized carbons (Fsp3) is 0.154. The summed E-state index contributed by atoms with van der Waals surface area (Å²) in [5, 5.41) is 0. The first-order chi connectivity index (χ1) is 24.7. The lowest BCUT2D eigenvalue weighted by atomic mass is 9.99. The number of carbonyl (C=O) groups excluding carboxylic acids is 3. The van der Waals surface area contributed by atoms with Crippen molar-refractivity contribution in [3.8, 4) is 39.5 Å². The lowest BCUT2D eigenvalue weighted by Crippen LogP contribution is -2.07. The molecule has 0 bridgehead atoms. The minimum atomic E-state index is -0.656. The lowest BCUT2D eigenvalue weighted by Gasteiger charge is -2.12. The molecule has 0 aliphatic rings. The predicted octanol–water partition coefficient (Wildman–Crippen LogP) is 6.81. The molecule has 0 radical (unpaired) electrons. The van der Waals surface area contributed by atoms with Crippen molar-refractivity contribution in [1.82, 2.24) is 0 Å². The van der Waals surface area contributed by atoms with E-state index in [2.05, 4.69) is 19.7 Å². The Morgan fingerprint density at radius 3 is 1.27 bits per heavy atom. The number of benzene rings is 3. The summed E-state index contributed by atoms with van der Waals surface area (Å²) in [4.78, 5) is 35.7. The van der Waals surface area contributed by atoms with Crippen LogP contribution in [0.15, 0.2) is 141 Å². The van der Waals surface area contributed by atoms with Crippen LogP contribution in [0.5, 0.6) is 17.2 Å². The summed E-state index contributed by atoms with van der Waals surface area (Å²) in [6.45, 7) is 10.9. The van der Waals surface area contributed by atoms with Gasteiger partial charge < -0.3 is 42.6 Å². The van der Waals surface area contributed by atoms with Gasteiger partial charge in [-0.05, 0) is 47.0 Å². The van der Waals surface area contributed by atoms with Gasteiger partial charge in [-0.1, -0.05) is 56.1 Å². The molecule has 3 rings (SSSR count). The van der Waals surface area contributed by atoms with Gasteiger partial charge in [0.2, 0.25) is 0 Å². The van der Waals surface area contributed by atoms with Gasteiger partial charge in [-0.25, -0.2) is 14.4 Å². The molecule has 3 aromatic carbocycles. The van der Waals surface area contributed by atoms with Crippen LogP contribution in [0.2, 0.25) is 0 Å². The summed E-state index contributed by atoms with van der Waals surface area (Å²) >= 11 is 0. The van der Waals surface area contributed by atoms with Gasteiger partial charge in [0.05, 0.1) is 36.5 Å². The monoisotopic (exact) mass is 698 g/mol. The van der Waals surface area contributed by atoms with Gasteiger partial charge in [0.15, 0.2) is 0 Å². The SMILES string of the molecule is C=C(COC)C(=O)O/C=C\Oc1ccc(-c2ccc(-c3ccc(O/C=C\OC(=O)C(=C)COC)cc3)c(O/C=C\OC(=O)C(=C)COC)c2)cc1. The van der Waals surface area contributed by atoms with Gasteiger partial charge in [0, 0.05) is 26.9 Å². The second-order valence-electron chi connectivity index (χ2n) is 10.3. The Morgan fingerprint density at radius 1 is 0.490 bits per heavy atom. The minimum absolute atomic E-state index is 0.0309. The first-order valence-electron chi connectivity index (χ1n) is 15.1. The van der Waals surface area contributed by atoms with E-state index in [1.165, 1.54) is 40.1 Å². The van der Waals surface area contributed by atoms with E-state index >= 15 is 0 Å². The highest BCUT2D eigenvalue weighted by Gasteiger charge is 2.12. The summed E-state index contributed by atoms with van der Waals surface area (Å²) in [7, 11) is 4.35. The maximum absolute atomic E-state index is 12.1. The van der Waals surface area contributed by atoms with E-state index in [0.29, 0.717) is 17.2 Å². The van der Waals surface area contributed by atoms with Crippen LogP contribution in [0.4, 0.5) is 0 Å². The molecule has 0 aromatic heterocycles. The number of carbonyl (C=O) groups is 3. The number of rotatable bonds is 20. The zero-order valence-electron chi connectivity index (χ0n) is 28.5. The molecule has 12 nitrogen and oxygen atoms in total. The Labute approximate surface area is 296 Å². The Balaban J connectivity index is 1.76. The molecule has 0 saturated carbocycles. The first-order valence-corrected chi connectivity index (χ1v) is 15.1. The van der Waals surface area contributed by atoms with Crippen LogP contribution in [0.1, 0.15) is 0 Å². The van der Waals surface area contributed by atoms with E-state index in [9.17, 15) is 14.4 Å². The molecule has 12 heteroatoms. The van der Waals surface area contributed by atoms with Gasteiger partial charge >= 0.3 is 17.9 Å². The van der Waals surface area contributed by atoms with Gasteiger partial charge in [-0.2, -0.15) is 0 Å². The average Bonchev–Trinajstić information content (AvgIpc) is 3.14. The number of methoxy groups -OCH3 is 3. The highest BCUT2D eigenvalue weighted by molar-refractivity contribution is 5.89. The Kier molecular flexibility index (Phi) is 16.2. The van der Waals surface area contributed by atoms with Gasteiger partial charge in [0.25, 0.3) is 0 Å². The number of hydrogen-bond acceptors (Lipinski definition) is 12. The molecule has 0 saturated heterocycles. The fourth-order valence-corrected chi connectivity index (χ4v) is 4.01. The van der Waals surface area contributed by atoms with Crippen molar-refractivity contribution in [2.75, 3.05) is 41.2 Å². The maximum atomic E-state index is 12.1. The van der Waals surface area contributed by atoms with Crippen molar-refractivity contribution < 1.29 is 57.0 Å². The molecular weight excluding hydrogens is 660 g/mol. The number of esters is 3. The summed E-state index contributed by atoms with van der Waals surface area (Å²) < 4.78 is 46.6. The van der Waals surface area contributed by atoms with Crippen LogP contribution in [-0.4, -0.2) is 59.1 Å². The topological polar surface area (TPSA) is 134 Å². The van der Waals surface area contributed by atoms with E-state index in [0.717, 1.165) is 41.0 Å². The third-order valence-corrected chi connectivity index (χ3v) is 6.45. The Bertz CT molecular complexity index is 1770. The molecule has 0 aliphatic heterocycles. The van der Waals surface area contributed by atoms with E-state index in [-0.39, 0.29) is 36.5 Å². The van der Waals surface area contributed by atoms with E-state index < -0.39 is 17.9 Å². The molecule has 0 heterocycles. The molecule has 0 N–H and O–H groups in total. The van der Waals surface area contributed by atoms with Crippen molar-refractivity contribution >= 4 is 17.9 Å². The molecule has 0 aliphatic carbocycles. The van der Waals surface area contributed by atoms with E-state index in [1.807, 2.05) is 42.5 Å². The van der Waals surface area contributed by atoms with Crippen molar-refractivity contribution in [2.45, 2.75) is 0 Å². The second-order valence-corrected chi connectivity index (χ2v) is 10.3. The van der Waals surface area contributed by atoms with Gasteiger partial charge in [-0.15, -0.1) is 0 Å². The van der Waals surface area contributed by atoms with Crippen molar-refractivity contribution in [2.24, 2.45) is 0 Å². The molecule has 3 aromatic rings. The Morgan fingerprint density at radius 2 is 0.863 bits per heavy atom. The molecule has 0 spiro atoms. The molecule has 0 amide bonds. The van der Waals surface area contributed by atoms with Crippen molar-refractivity contribution in [3.63, 3.8) is 0 Å². The van der Waals surface area contributed by atoms with Crippen LogP contribution in [0, 0.1) is 0 Å². The third kappa shape index (κ3) is 13.0. The predicted molar refractivity (Wildman–Crippen MR) is 188 cm³/mol. The van der Waals surface area contributed by atoms with E-state index in [1.54, 1.807) is 24.3 Å². The molecule has 0 atom stereocenters. The molecular formula is C39H38O12. The Hall–Kier alpha value is -6.21. The van der Waals surface area contributed by atoms with Crippen molar-refractivity contribution in [3.05, 3.63) is 141 Å². The summed E-state index contributed by atoms with van der Waals surface area (Å²) in [5.74, 6) is -0.476. The van der Waals surface area contributed by atoms with Crippen LogP contribution in [0.25, 0.3) is 22.3 Å². The summed E-state index contributed by atoms with van der Waals surface area (Å²) in [6, 6.07) is 19.9. The third-order valence-electron chi connectivity index (χ3n) is 6.45. The standard InChI is InChI=1S/C39H38O12/c1-27(24-43-4)37(40)49-20-17-46-33-12-7-30(8-13-33)32-11-16-35(36(23-32)48-19-22-51-39(42)29(3)26-45-6)31-9-14-34(15-10-31)47-18-21-50-38(41)28(2)25-44-5/h7-23H,1-3,24-26H2,4-6H3/b20-17-,21-18-,22-19-. The first kappa shape index (κ1) is 39.2. The number of ether oxygens (including phenoxy) is 9. The quantitative estimate of drug-likeness (QED) is 0.0531. The minimum Gasteiger partial charge on any atom is -0.462 e. The summed E-state index contributed by atoms with van der Waals surface area (Å²) in [6.07, 6.45) is 7.05. The van der Waals surface area contributed by atoms with Gasteiger partial charge in [-0.3, -0.25) is 0 Å². The van der Waals surface area contributed by atoms with Crippen LogP contribution < -0.4 is 14.2 Å². The average molecular weight is 699 g/mol. The second kappa shape index (κ2) is 21.0. The smallest absolute Gasteiger partial charge is 0.340 e. The molecule has 0 fully saturated rings. The maximum Gasteiger partial charge on any atom is 0.340 e. The highest BCUT2D eigenvalue weighted by Crippen LogP contribution is 2.36. The lowest BCUT2D eigenvalue weighted by molar-refractivity contribution is -0.135. The summed E-state index contributed by atoms with van der Waals surface area (Å²) in [5.41, 5.74) is 3.66. The highest BCUT2D eigenvalue weighted by atomic mass is 16.6. The van der Waals surface area contributed by atoms with E-state index in [4.69, 9.17) is 42.6 Å². The largest absolute Gasteiger partial charge is 0.462 e. The van der Waals surface area contributed by atoms with Crippen molar-refractivity contribution in [1.29, 1.82) is 0 Å². The number of hydrogen-bond donors (Lipinski definition) is 0. The van der Waals surface area contributed by atoms with Crippen LogP contribution in [0.3, 0.4) is 0 Å². The molecule has 266 valence electrons. The van der Waals surface area contributed by atoms with Gasteiger partial charge in [0.1, 0.15) is 54.8 Å².